The van der Waals surface area contributed by atoms with Crippen molar-refractivity contribution in [1.82, 2.24) is 0 Å². The minimum absolute atomic E-state index is 1.19. The molecule has 4 aromatic rings. The van der Waals surface area contributed by atoms with Gasteiger partial charge < -0.3 is 0 Å². The van der Waals surface area contributed by atoms with E-state index in [1.54, 1.807) is 0 Å². The van der Waals surface area contributed by atoms with E-state index in [1.807, 2.05) is 0 Å². The lowest BCUT2D eigenvalue weighted by atomic mass is 9.98. The Hall–Kier alpha value is -1.86. The molecule has 4 aromatic carbocycles. The molecule has 0 unspecified atom stereocenters. The van der Waals surface area contributed by atoms with Crippen LogP contribution in [0.5, 0.6) is 0 Å². The Balaban J connectivity index is 2.32. The zero-order chi connectivity index (χ0) is 12.8. The third kappa shape index (κ3) is 1.58. The van der Waals surface area contributed by atoms with E-state index in [0.29, 0.717) is 0 Å². The van der Waals surface area contributed by atoms with Crippen molar-refractivity contribution in [3.63, 3.8) is 0 Å². The molecule has 0 fully saturated rings. The summed E-state index contributed by atoms with van der Waals surface area (Å²) in [6, 6.07) is 23.7. The van der Waals surface area contributed by atoms with Gasteiger partial charge in [-0.25, -0.2) is 0 Å². The van der Waals surface area contributed by atoms with Crippen LogP contribution in [-0.4, -0.2) is 0 Å². The van der Waals surface area contributed by atoms with Gasteiger partial charge in [0.1, 0.15) is 0 Å². The molecule has 0 aromatic heterocycles. The lowest BCUT2D eigenvalue weighted by Gasteiger charge is -2.09. The van der Waals surface area contributed by atoms with Gasteiger partial charge in [-0.3, -0.25) is 0 Å². The summed E-state index contributed by atoms with van der Waals surface area (Å²) >= 11 is 3.77. The van der Waals surface area contributed by atoms with Crippen molar-refractivity contribution in [2.75, 3.05) is 0 Å². The molecule has 0 radical (unpaired) electrons. The number of halogens is 1. The lowest BCUT2D eigenvalue weighted by Crippen LogP contribution is -1.81. The second-order valence-electron chi connectivity index (χ2n) is 4.79. The highest BCUT2D eigenvalue weighted by atomic mass is 79.9. The molecule has 90 valence electrons. The molecular weight excluding hydrogens is 296 g/mol. The number of hydrogen-bond donors (Lipinski definition) is 0. The first-order valence-electron chi connectivity index (χ1n) is 6.33. The first kappa shape index (κ1) is 11.0. The third-order valence-electron chi connectivity index (χ3n) is 3.70. The molecule has 0 aliphatic carbocycles. The summed E-state index contributed by atoms with van der Waals surface area (Å²) in [5, 5.41) is 7.73. The van der Waals surface area contributed by atoms with Crippen LogP contribution in [0.15, 0.2) is 71.2 Å². The van der Waals surface area contributed by atoms with Gasteiger partial charge in [0, 0.05) is 4.47 Å². The maximum Gasteiger partial charge on any atom is 0.0332 e. The molecule has 0 amide bonds. The van der Waals surface area contributed by atoms with E-state index in [9.17, 15) is 0 Å². The largest absolute Gasteiger partial charge is 0.0616 e. The summed E-state index contributed by atoms with van der Waals surface area (Å²) < 4.78 is 1.19. The van der Waals surface area contributed by atoms with Crippen LogP contribution < -0.4 is 0 Å². The Kier molecular flexibility index (Phi) is 2.36. The molecule has 0 aliphatic heterocycles. The van der Waals surface area contributed by atoms with Crippen LogP contribution in [-0.2, 0) is 0 Å². The van der Waals surface area contributed by atoms with Crippen LogP contribution in [0.2, 0.25) is 0 Å². The van der Waals surface area contributed by atoms with Gasteiger partial charge in [-0.15, -0.1) is 0 Å². The summed E-state index contributed by atoms with van der Waals surface area (Å²) in [4.78, 5) is 0. The fourth-order valence-electron chi connectivity index (χ4n) is 2.77. The van der Waals surface area contributed by atoms with E-state index in [-0.39, 0.29) is 0 Å². The zero-order valence-corrected chi connectivity index (χ0v) is 11.8. The summed E-state index contributed by atoms with van der Waals surface area (Å²) in [6.07, 6.45) is 0. The van der Waals surface area contributed by atoms with Gasteiger partial charge in [0.15, 0.2) is 0 Å². The molecule has 0 bridgehead atoms. The van der Waals surface area contributed by atoms with Crippen LogP contribution in [0.25, 0.3) is 32.3 Å². The fraction of sp³-hybridized carbons (Fsp3) is 0. The van der Waals surface area contributed by atoms with Gasteiger partial charge in [0.05, 0.1) is 0 Å². The number of hydrogen-bond acceptors (Lipinski definition) is 0. The Morgan fingerprint density at radius 2 is 1.21 bits per heavy atom. The van der Waals surface area contributed by atoms with Crippen molar-refractivity contribution >= 4 is 48.2 Å². The fourth-order valence-corrected chi connectivity index (χ4v) is 3.47. The summed E-state index contributed by atoms with van der Waals surface area (Å²) in [6.45, 7) is 0. The minimum atomic E-state index is 1.19. The molecule has 0 atom stereocenters. The van der Waals surface area contributed by atoms with Gasteiger partial charge in [-0.2, -0.15) is 0 Å². The Bertz CT molecular complexity index is 922. The molecule has 0 saturated heterocycles. The standard InChI is InChI=1S/C18H11Br/c19-18-15-8-4-2-6-13(15)11-17-14-7-3-1-5-12(14)9-10-16(17)18/h1-11H. The summed E-state index contributed by atoms with van der Waals surface area (Å²) in [7, 11) is 0. The quantitative estimate of drug-likeness (QED) is 0.280. The number of fused-ring (bicyclic) bond motifs is 4. The lowest BCUT2D eigenvalue weighted by molar-refractivity contribution is 1.75. The summed E-state index contributed by atoms with van der Waals surface area (Å²) in [5.41, 5.74) is 0. The zero-order valence-electron chi connectivity index (χ0n) is 10.2. The van der Waals surface area contributed by atoms with Crippen LogP contribution in [0.3, 0.4) is 0 Å². The van der Waals surface area contributed by atoms with Gasteiger partial charge in [0.2, 0.25) is 0 Å². The number of rotatable bonds is 0. The van der Waals surface area contributed by atoms with E-state index < -0.39 is 0 Å². The molecule has 0 nitrogen and oxygen atoms in total. The van der Waals surface area contributed by atoms with Crippen molar-refractivity contribution in [2.24, 2.45) is 0 Å². The first-order valence-corrected chi connectivity index (χ1v) is 7.12. The van der Waals surface area contributed by atoms with E-state index in [1.165, 1.54) is 36.8 Å². The molecule has 0 aliphatic rings. The normalized spacial score (nSPS) is 11.4. The Morgan fingerprint density at radius 1 is 0.526 bits per heavy atom. The predicted molar refractivity (Wildman–Crippen MR) is 86.7 cm³/mol. The predicted octanol–water partition coefficient (Wildman–Crippen LogP) is 5.91. The molecule has 0 spiro atoms. The van der Waals surface area contributed by atoms with Crippen LogP contribution in [0.4, 0.5) is 0 Å². The third-order valence-corrected chi connectivity index (χ3v) is 4.56. The van der Waals surface area contributed by atoms with Gasteiger partial charge in [-0.05, 0) is 54.3 Å². The van der Waals surface area contributed by atoms with Crippen molar-refractivity contribution in [1.29, 1.82) is 0 Å². The highest BCUT2D eigenvalue weighted by molar-refractivity contribution is 9.10. The molecule has 19 heavy (non-hydrogen) atoms. The van der Waals surface area contributed by atoms with Gasteiger partial charge in [0.25, 0.3) is 0 Å². The first-order chi connectivity index (χ1) is 9.34. The molecule has 0 heterocycles. The SMILES string of the molecule is Brc1c2ccccc2cc2c1ccc1ccccc12. The van der Waals surface area contributed by atoms with Crippen molar-refractivity contribution in [3.8, 4) is 0 Å². The highest BCUT2D eigenvalue weighted by Gasteiger charge is 2.07. The summed E-state index contributed by atoms with van der Waals surface area (Å²) in [5.74, 6) is 0. The van der Waals surface area contributed by atoms with Gasteiger partial charge >= 0.3 is 0 Å². The van der Waals surface area contributed by atoms with Crippen molar-refractivity contribution < 1.29 is 0 Å². The smallest absolute Gasteiger partial charge is 0.0332 e. The Labute approximate surface area is 119 Å². The van der Waals surface area contributed by atoms with Crippen LogP contribution in [0.1, 0.15) is 0 Å². The molecule has 0 N–H and O–H groups in total. The van der Waals surface area contributed by atoms with E-state index in [0.717, 1.165) is 0 Å². The van der Waals surface area contributed by atoms with Crippen molar-refractivity contribution in [3.05, 3.63) is 71.2 Å². The van der Waals surface area contributed by atoms with Crippen LogP contribution >= 0.6 is 15.9 Å². The average molecular weight is 307 g/mol. The van der Waals surface area contributed by atoms with E-state index >= 15 is 0 Å². The topological polar surface area (TPSA) is 0 Å². The maximum absolute atomic E-state index is 3.77. The maximum atomic E-state index is 3.77. The Morgan fingerprint density at radius 3 is 2.05 bits per heavy atom. The van der Waals surface area contributed by atoms with E-state index in [2.05, 4.69) is 82.7 Å². The molecule has 0 saturated carbocycles. The second kappa shape index (κ2) is 4.07. The van der Waals surface area contributed by atoms with E-state index in [4.69, 9.17) is 0 Å². The van der Waals surface area contributed by atoms with Crippen molar-refractivity contribution in [2.45, 2.75) is 0 Å². The average Bonchev–Trinajstić information content (AvgIpc) is 2.47. The molecule has 4 rings (SSSR count). The minimum Gasteiger partial charge on any atom is -0.0616 e. The second-order valence-corrected chi connectivity index (χ2v) is 5.59. The highest BCUT2D eigenvalue weighted by Crippen LogP contribution is 2.36. The number of benzene rings is 4. The van der Waals surface area contributed by atoms with Crippen LogP contribution in [0, 0.1) is 0 Å². The molecule has 1 heteroatoms. The van der Waals surface area contributed by atoms with Gasteiger partial charge in [-0.1, -0.05) is 60.7 Å². The molecular formula is C18H11Br. The monoisotopic (exact) mass is 306 g/mol.